The highest BCUT2D eigenvalue weighted by Gasteiger charge is 2.21. The van der Waals surface area contributed by atoms with Crippen LogP contribution >= 0.6 is 0 Å². The Kier molecular flexibility index (Phi) is 6.92. The molecule has 0 radical (unpaired) electrons. The number of carbonyl (C=O) groups is 3. The molecular formula is C13H23N3O3. The summed E-state index contributed by atoms with van der Waals surface area (Å²) in [6.07, 6.45) is 4.57. The van der Waals surface area contributed by atoms with Crippen LogP contribution in [-0.2, 0) is 14.4 Å². The molecule has 0 unspecified atom stereocenters. The molecule has 3 amide bonds. The number of hydrogen-bond donors (Lipinski definition) is 3. The molecule has 0 aromatic carbocycles. The van der Waals surface area contributed by atoms with Crippen molar-refractivity contribution < 1.29 is 14.4 Å². The van der Waals surface area contributed by atoms with E-state index in [0.717, 1.165) is 25.7 Å². The molecule has 1 saturated carbocycles. The Labute approximate surface area is 113 Å². The van der Waals surface area contributed by atoms with Gasteiger partial charge in [0.05, 0.1) is 6.54 Å². The first-order valence-electron chi connectivity index (χ1n) is 6.94. The molecule has 1 rings (SSSR count). The van der Waals surface area contributed by atoms with Gasteiger partial charge in [0.2, 0.25) is 17.7 Å². The molecule has 1 aliphatic carbocycles. The summed E-state index contributed by atoms with van der Waals surface area (Å²) < 4.78 is 0. The Morgan fingerprint density at radius 1 is 0.947 bits per heavy atom. The standard InChI is InChI=1S/C13H23N3O3/c1-2-11(17)16-9-12(18)14-7-8-15-13(19)10-5-3-4-6-10/h10H,2-9H2,1H3,(H,14,18)(H,15,19)(H,16,17). The van der Waals surface area contributed by atoms with Gasteiger partial charge in [0.15, 0.2) is 0 Å². The van der Waals surface area contributed by atoms with E-state index < -0.39 is 0 Å². The fraction of sp³-hybridized carbons (Fsp3) is 0.769. The highest BCUT2D eigenvalue weighted by atomic mass is 16.2. The highest BCUT2D eigenvalue weighted by Crippen LogP contribution is 2.24. The monoisotopic (exact) mass is 269 g/mol. The second kappa shape index (κ2) is 8.50. The van der Waals surface area contributed by atoms with E-state index in [2.05, 4.69) is 16.0 Å². The van der Waals surface area contributed by atoms with Crippen LogP contribution in [0.5, 0.6) is 0 Å². The summed E-state index contributed by atoms with van der Waals surface area (Å²) in [6, 6.07) is 0. The van der Waals surface area contributed by atoms with Crippen molar-refractivity contribution in [1.82, 2.24) is 16.0 Å². The zero-order valence-electron chi connectivity index (χ0n) is 11.5. The Balaban J connectivity index is 2.02. The summed E-state index contributed by atoms with van der Waals surface area (Å²) >= 11 is 0. The minimum absolute atomic E-state index is 0.0107. The normalized spacial score (nSPS) is 15.0. The molecule has 0 aliphatic heterocycles. The first-order chi connectivity index (χ1) is 9.13. The van der Waals surface area contributed by atoms with Crippen molar-refractivity contribution in [2.45, 2.75) is 39.0 Å². The van der Waals surface area contributed by atoms with Crippen LogP contribution in [0.1, 0.15) is 39.0 Å². The molecule has 0 heterocycles. The molecule has 19 heavy (non-hydrogen) atoms. The molecule has 108 valence electrons. The zero-order chi connectivity index (χ0) is 14.1. The Hall–Kier alpha value is -1.59. The summed E-state index contributed by atoms with van der Waals surface area (Å²) in [4.78, 5) is 33.9. The largest absolute Gasteiger partial charge is 0.354 e. The predicted octanol–water partition coefficient (Wildman–Crippen LogP) is -0.0648. The van der Waals surface area contributed by atoms with Crippen LogP contribution in [0.25, 0.3) is 0 Å². The van der Waals surface area contributed by atoms with Crippen molar-refractivity contribution >= 4 is 17.7 Å². The molecule has 1 aliphatic rings. The van der Waals surface area contributed by atoms with Crippen molar-refractivity contribution in [2.24, 2.45) is 5.92 Å². The van der Waals surface area contributed by atoms with Gasteiger partial charge in [0.1, 0.15) is 0 Å². The third-order valence-electron chi connectivity index (χ3n) is 3.24. The maximum absolute atomic E-state index is 11.7. The number of nitrogens with one attached hydrogen (secondary N) is 3. The van der Waals surface area contributed by atoms with Crippen molar-refractivity contribution in [2.75, 3.05) is 19.6 Å². The number of carbonyl (C=O) groups excluding carboxylic acids is 3. The maximum Gasteiger partial charge on any atom is 0.239 e. The van der Waals surface area contributed by atoms with E-state index in [9.17, 15) is 14.4 Å². The fourth-order valence-electron chi connectivity index (χ4n) is 2.09. The van der Waals surface area contributed by atoms with Gasteiger partial charge < -0.3 is 16.0 Å². The molecule has 0 bridgehead atoms. The quantitative estimate of drug-likeness (QED) is 0.566. The molecule has 0 aromatic rings. The van der Waals surface area contributed by atoms with Gasteiger partial charge in [-0.3, -0.25) is 14.4 Å². The van der Waals surface area contributed by atoms with Gasteiger partial charge in [-0.05, 0) is 12.8 Å². The highest BCUT2D eigenvalue weighted by molar-refractivity contribution is 5.84. The van der Waals surface area contributed by atoms with Crippen molar-refractivity contribution in [3.05, 3.63) is 0 Å². The predicted molar refractivity (Wildman–Crippen MR) is 71.3 cm³/mol. The maximum atomic E-state index is 11.7. The molecule has 0 aromatic heterocycles. The topological polar surface area (TPSA) is 87.3 Å². The lowest BCUT2D eigenvalue weighted by Gasteiger charge is -2.11. The first-order valence-corrected chi connectivity index (χ1v) is 6.94. The molecule has 6 nitrogen and oxygen atoms in total. The van der Waals surface area contributed by atoms with Crippen LogP contribution in [0, 0.1) is 5.92 Å². The van der Waals surface area contributed by atoms with E-state index in [1.807, 2.05) is 0 Å². The molecule has 0 atom stereocenters. The minimum Gasteiger partial charge on any atom is -0.354 e. The van der Waals surface area contributed by atoms with E-state index in [1.54, 1.807) is 6.92 Å². The van der Waals surface area contributed by atoms with Gasteiger partial charge in [0.25, 0.3) is 0 Å². The first kappa shape index (κ1) is 15.5. The molecule has 0 spiro atoms. The van der Waals surface area contributed by atoms with E-state index in [4.69, 9.17) is 0 Å². The molecule has 0 saturated heterocycles. The molecule has 3 N–H and O–H groups in total. The SMILES string of the molecule is CCC(=O)NCC(=O)NCCNC(=O)C1CCCC1. The van der Waals surface area contributed by atoms with Crippen LogP contribution in [0.2, 0.25) is 0 Å². The van der Waals surface area contributed by atoms with E-state index in [1.165, 1.54) is 0 Å². The van der Waals surface area contributed by atoms with Crippen LogP contribution in [0.4, 0.5) is 0 Å². The Morgan fingerprint density at radius 2 is 1.58 bits per heavy atom. The summed E-state index contributed by atoms with van der Waals surface area (Å²) in [5.41, 5.74) is 0. The van der Waals surface area contributed by atoms with Crippen LogP contribution < -0.4 is 16.0 Å². The smallest absolute Gasteiger partial charge is 0.239 e. The van der Waals surface area contributed by atoms with Gasteiger partial charge in [-0.2, -0.15) is 0 Å². The van der Waals surface area contributed by atoms with Gasteiger partial charge in [-0.25, -0.2) is 0 Å². The second-order valence-electron chi connectivity index (χ2n) is 4.75. The third-order valence-corrected chi connectivity index (χ3v) is 3.24. The van der Waals surface area contributed by atoms with Crippen molar-refractivity contribution in [1.29, 1.82) is 0 Å². The van der Waals surface area contributed by atoms with E-state index in [0.29, 0.717) is 19.5 Å². The number of hydrogen-bond acceptors (Lipinski definition) is 3. The van der Waals surface area contributed by atoms with Gasteiger partial charge >= 0.3 is 0 Å². The molecular weight excluding hydrogens is 246 g/mol. The lowest BCUT2D eigenvalue weighted by atomic mass is 10.1. The average molecular weight is 269 g/mol. The summed E-state index contributed by atoms with van der Waals surface area (Å²) in [5, 5.41) is 7.94. The lowest BCUT2D eigenvalue weighted by Crippen LogP contribution is -2.41. The van der Waals surface area contributed by atoms with Gasteiger partial charge in [0, 0.05) is 25.4 Å². The summed E-state index contributed by atoms with van der Waals surface area (Å²) in [5.74, 6) is -0.146. The summed E-state index contributed by atoms with van der Waals surface area (Å²) in [6.45, 7) is 2.54. The minimum atomic E-state index is -0.239. The van der Waals surface area contributed by atoms with Crippen LogP contribution in [0.3, 0.4) is 0 Å². The molecule has 6 heteroatoms. The Morgan fingerprint density at radius 3 is 2.21 bits per heavy atom. The van der Waals surface area contributed by atoms with Crippen LogP contribution in [0.15, 0.2) is 0 Å². The Bertz CT molecular complexity index is 325. The molecule has 1 fully saturated rings. The number of amides is 3. The van der Waals surface area contributed by atoms with E-state index >= 15 is 0 Å². The lowest BCUT2D eigenvalue weighted by molar-refractivity contribution is -0.126. The van der Waals surface area contributed by atoms with E-state index in [-0.39, 0.29) is 30.2 Å². The average Bonchev–Trinajstić information content (AvgIpc) is 2.94. The van der Waals surface area contributed by atoms with Gasteiger partial charge in [-0.15, -0.1) is 0 Å². The summed E-state index contributed by atoms with van der Waals surface area (Å²) in [7, 11) is 0. The van der Waals surface area contributed by atoms with Gasteiger partial charge in [-0.1, -0.05) is 19.8 Å². The fourth-order valence-corrected chi connectivity index (χ4v) is 2.09. The zero-order valence-corrected chi connectivity index (χ0v) is 11.5. The number of rotatable bonds is 7. The van der Waals surface area contributed by atoms with Crippen LogP contribution in [-0.4, -0.2) is 37.4 Å². The van der Waals surface area contributed by atoms with Crippen molar-refractivity contribution in [3.63, 3.8) is 0 Å². The second-order valence-corrected chi connectivity index (χ2v) is 4.75. The van der Waals surface area contributed by atoms with Crippen molar-refractivity contribution in [3.8, 4) is 0 Å². The third kappa shape index (κ3) is 6.22.